The number of benzene rings is 1. The molecule has 1 heterocycles. The average molecular weight is 223 g/mol. The first-order valence-electron chi connectivity index (χ1n) is 4.56. The molecule has 2 rings (SSSR count). The Labute approximate surface area is 91.0 Å². The number of hydrogen-bond donors (Lipinski definition) is 1. The minimum atomic E-state index is -0.666. The second-order valence-electron chi connectivity index (χ2n) is 3.24. The maximum atomic E-state index is 12.9. The van der Waals surface area contributed by atoms with Crippen molar-refractivity contribution >= 4 is 11.3 Å². The lowest BCUT2D eigenvalue weighted by molar-refractivity contribution is 0.179. The van der Waals surface area contributed by atoms with Gasteiger partial charge in [0.05, 0.1) is 11.6 Å². The van der Waals surface area contributed by atoms with Crippen LogP contribution in [-0.4, -0.2) is 10.1 Å². The van der Waals surface area contributed by atoms with E-state index >= 15 is 0 Å². The van der Waals surface area contributed by atoms with Crippen molar-refractivity contribution in [1.29, 1.82) is 0 Å². The summed E-state index contributed by atoms with van der Waals surface area (Å²) >= 11 is 1.49. The Hall–Kier alpha value is -1.26. The van der Waals surface area contributed by atoms with E-state index in [0.29, 0.717) is 12.0 Å². The highest BCUT2D eigenvalue weighted by Gasteiger charge is 2.09. The molecule has 0 amide bonds. The van der Waals surface area contributed by atoms with Crippen molar-refractivity contribution in [1.82, 2.24) is 4.98 Å². The number of hydrogen-bond acceptors (Lipinski definition) is 3. The maximum Gasteiger partial charge on any atom is 0.123 e. The topological polar surface area (TPSA) is 33.1 Å². The van der Waals surface area contributed by atoms with Crippen LogP contribution in [0.4, 0.5) is 4.39 Å². The van der Waals surface area contributed by atoms with Crippen molar-refractivity contribution in [3.63, 3.8) is 0 Å². The van der Waals surface area contributed by atoms with Gasteiger partial charge in [-0.25, -0.2) is 4.39 Å². The summed E-state index contributed by atoms with van der Waals surface area (Å²) in [5.74, 6) is -0.323. The summed E-state index contributed by atoms with van der Waals surface area (Å²) in [6.07, 6.45) is 1.53. The third-order valence-corrected chi connectivity index (χ3v) is 2.91. The summed E-state index contributed by atoms with van der Waals surface area (Å²) in [5.41, 5.74) is 2.32. The molecule has 1 aromatic carbocycles. The Morgan fingerprint density at radius 3 is 3.00 bits per heavy atom. The molecule has 0 bridgehead atoms. The van der Waals surface area contributed by atoms with E-state index < -0.39 is 6.10 Å². The zero-order chi connectivity index (χ0) is 10.7. The van der Waals surface area contributed by atoms with E-state index in [1.54, 1.807) is 23.8 Å². The van der Waals surface area contributed by atoms with Crippen molar-refractivity contribution in [2.75, 3.05) is 0 Å². The van der Waals surface area contributed by atoms with Crippen LogP contribution in [0.1, 0.15) is 16.5 Å². The molecule has 0 radical (unpaired) electrons. The molecule has 0 fully saturated rings. The first-order chi connectivity index (χ1) is 7.25. The summed E-state index contributed by atoms with van der Waals surface area (Å²) in [6, 6.07) is 6.03. The fraction of sp³-hybridized carbons (Fsp3) is 0.182. The zero-order valence-corrected chi connectivity index (χ0v) is 8.75. The minimum Gasteiger partial charge on any atom is -0.388 e. The molecule has 0 saturated heterocycles. The SMILES string of the molecule is OC(Cc1cncs1)c1cccc(F)c1. The van der Waals surface area contributed by atoms with Gasteiger partial charge in [-0.05, 0) is 17.7 Å². The predicted molar refractivity (Wildman–Crippen MR) is 57.2 cm³/mol. The molecule has 0 aliphatic rings. The summed E-state index contributed by atoms with van der Waals surface area (Å²) in [5, 5.41) is 9.83. The summed E-state index contributed by atoms with van der Waals surface area (Å²) in [6.45, 7) is 0. The third kappa shape index (κ3) is 2.61. The van der Waals surface area contributed by atoms with Crippen LogP contribution >= 0.6 is 11.3 Å². The number of thiazole rings is 1. The fourth-order valence-electron chi connectivity index (χ4n) is 1.37. The second kappa shape index (κ2) is 4.51. The van der Waals surface area contributed by atoms with E-state index in [0.717, 1.165) is 4.88 Å². The van der Waals surface area contributed by atoms with Crippen LogP contribution in [0.3, 0.4) is 0 Å². The van der Waals surface area contributed by atoms with E-state index in [2.05, 4.69) is 4.98 Å². The van der Waals surface area contributed by atoms with Crippen LogP contribution in [0.2, 0.25) is 0 Å². The van der Waals surface area contributed by atoms with Gasteiger partial charge in [0.25, 0.3) is 0 Å². The van der Waals surface area contributed by atoms with Crippen LogP contribution < -0.4 is 0 Å². The van der Waals surface area contributed by atoms with E-state index in [1.807, 2.05) is 0 Å². The smallest absolute Gasteiger partial charge is 0.123 e. The lowest BCUT2D eigenvalue weighted by atomic mass is 10.1. The molecule has 1 unspecified atom stereocenters. The fourth-order valence-corrected chi connectivity index (χ4v) is 2.00. The molecule has 0 aliphatic heterocycles. The van der Waals surface area contributed by atoms with Gasteiger partial charge in [0.2, 0.25) is 0 Å². The average Bonchev–Trinajstić information content (AvgIpc) is 2.70. The normalized spacial score (nSPS) is 12.7. The number of aromatic nitrogens is 1. The van der Waals surface area contributed by atoms with Crippen LogP contribution in [0.5, 0.6) is 0 Å². The number of halogens is 1. The zero-order valence-electron chi connectivity index (χ0n) is 7.93. The molecular weight excluding hydrogens is 213 g/mol. The molecule has 0 saturated carbocycles. The molecule has 1 N–H and O–H groups in total. The minimum absolute atomic E-state index is 0.323. The van der Waals surface area contributed by atoms with Gasteiger partial charge in [0.1, 0.15) is 5.82 Å². The highest BCUT2D eigenvalue weighted by atomic mass is 32.1. The molecule has 0 aliphatic carbocycles. The van der Waals surface area contributed by atoms with Crippen molar-refractivity contribution in [3.05, 3.63) is 52.2 Å². The van der Waals surface area contributed by atoms with Gasteiger partial charge in [-0.1, -0.05) is 12.1 Å². The maximum absolute atomic E-state index is 12.9. The van der Waals surface area contributed by atoms with Gasteiger partial charge in [-0.3, -0.25) is 4.98 Å². The number of aliphatic hydroxyl groups is 1. The molecule has 4 heteroatoms. The quantitative estimate of drug-likeness (QED) is 0.867. The Morgan fingerprint density at radius 1 is 1.47 bits per heavy atom. The lowest BCUT2D eigenvalue weighted by Gasteiger charge is -2.09. The molecule has 2 nitrogen and oxygen atoms in total. The van der Waals surface area contributed by atoms with Crippen LogP contribution in [-0.2, 0) is 6.42 Å². The van der Waals surface area contributed by atoms with E-state index in [-0.39, 0.29) is 5.82 Å². The van der Waals surface area contributed by atoms with E-state index in [4.69, 9.17) is 0 Å². The Morgan fingerprint density at radius 2 is 2.33 bits per heavy atom. The van der Waals surface area contributed by atoms with Crippen LogP contribution in [0.15, 0.2) is 36.0 Å². The third-order valence-electron chi connectivity index (χ3n) is 2.11. The molecule has 78 valence electrons. The number of nitrogens with zero attached hydrogens (tertiary/aromatic N) is 1. The van der Waals surface area contributed by atoms with Gasteiger partial charge in [-0.2, -0.15) is 0 Å². The molecule has 1 aromatic heterocycles. The standard InChI is InChI=1S/C11H10FNOS/c12-9-3-1-2-8(4-9)11(14)5-10-6-13-7-15-10/h1-4,6-7,11,14H,5H2. The summed E-state index contributed by atoms with van der Waals surface area (Å²) < 4.78 is 12.9. The van der Waals surface area contributed by atoms with Crippen LogP contribution in [0.25, 0.3) is 0 Å². The van der Waals surface area contributed by atoms with Crippen molar-refractivity contribution in [3.8, 4) is 0 Å². The van der Waals surface area contributed by atoms with Gasteiger partial charge >= 0.3 is 0 Å². The van der Waals surface area contributed by atoms with Gasteiger partial charge in [0.15, 0.2) is 0 Å². The van der Waals surface area contributed by atoms with Gasteiger partial charge in [-0.15, -0.1) is 11.3 Å². The predicted octanol–water partition coefficient (Wildman–Crippen LogP) is 2.56. The highest BCUT2D eigenvalue weighted by molar-refractivity contribution is 7.09. The molecule has 0 spiro atoms. The Kier molecular flexibility index (Phi) is 3.08. The summed E-state index contributed by atoms with van der Waals surface area (Å²) in [4.78, 5) is 4.91. The first-order valence-corrected chi connectivity index (χ1v) is 5.44. The second-order valence-corrected chi connectivity index (χ2v) is 4.21. The van der Waals surface area contributed by atoms with E-state index in [1.165, 1.54) is 23.5 Å². The lowest BCUT2D eigenvalue weighted by Crippen LogP contribution is -2.00. The van der Waals surface area contributed by atoms with Gasteiger partial charge < -0.3 is 5.11 Å². The van der Waals surface area contributed by atoms with Crippen LogP contribution in [0, 0.1) is 5.82 Å². The molecule has 2 aromatic rings. The van der Waals surface area contributed by atoms with Crippen molar-refractivity contribution in [2.45, 2.75) is 12.5 Å². The monoisotopic (exact) mass is 223 g/mol. The van der Waals surface area contributed by atoms with E-state index in [9.17, 15) is 9.50 Å². The van der Waals surface area contributed by atoms with Crippen molar-refractivity contribution < 1.29 is 9.50 Å². The first kappa shape index (κ1) is 10.3. The largest absolute Gasteiger partial charge is 0.388 e. The molecule has 1 atom stereocenters. The highest BCUT2D eigenvalue weighted by Crippen LogP contribution is 2.20. The summed E-state index contributed by atoms with van der Waals surface area (Å²) in [7, 11) is 0. The Bertz CT molecular complexity index is 430. The van der Waals surface area contributed by atoms with Gasteiger partial charge in [0, 0.05) is 17.5 Å². The molecule has 15 heavy (non-hydrogen) atoms. The Balaban J connectivity index is 2.11. The number of aliphatic hydroxyl groups excluding tert-OH is 1. The number of rotatable bonds is 3. The molecular formula is C11H10FNOS. The van der Waals surface area contributed by atoms with Crippen molar-refractivity contribution in [2.24, 2.45) is 0 Å².